The molecule has 1 unspecified atom stereocenters. The van der Waals surface area contributed by atoms with Gasteiger partial charge in [0.2, 0.25) is 0 Å². The van der Waals surface area contributed by atoms with Gasteiger partial charge in [-0.25, -0.2) is 0 Å². The number of halogens is 2. The van der Waals surface area contributed by atoms with Crippen molar-refractivity contribution < 1.29 is 14.2 Å². The number of carbonyl (C=O) groups excluding carboxylic acids is 1. The number of hydrogen-bond acceptors (Lipinski definition) is 6. The third-order valence-electron chi connectivity index (χ3n) is 6.45. The van der Waals surface area contributed by atoms with E-state index >= 15 is 0 Å². The van der Waals surface area contributed by atoms with Gasteiger partial charge in [-0.1, -0.05) is 30.7 Å². The van der Waals surface area contributed by atoms with E-state index in [4.69, 9.17) is 27.8 Å². The van der Waals surface area contributed by atoms with Crippen molar-refractivity contribution in [1.29, 1.82) is 0 Å². The van der Waals surface area contributed by atoms with Crippen LogP contribution in [0.2, 0.25) is 0 Å². The van der Waals surface area contributed by atoms with E-state index < -0.39 is 0 Å². The minimum atomic E-state index is -0.277. The monoisotopic (exact) mass is 591 g/mol. The second kappa shape index (κ2) is 17.3. The molecule has 1 heterocycles. The third kappa shape index (κ3) is 9.92. The highest BCUT2D eigenvalue weighted by Crippen LogP contribution is 2.32. The first-order valence-corrected chi connectivity index (χ1v) is 14.6. The van der Waals surface area contributed by atoms with Crippen molar-refractivity contribution in [2.45, 2.75) is 58.1 Å². The van der Waals surface area contributed by atoms with E-state index in [1.807, 2.05) is 52.1 Å². The summed E-state index contributed by atoms with van der Waals surface area (Å²) < 4.78 is 4.99. The summed E-state index contributed by atoms with van der Waals surface area (Å²) in [4.78, 5) is 16.7. The molecule has 0 saturated heterocycles. The fourth-order valence-electron chi connectivity index (χ4n) is 3.99. The van der Waals surface area contributed by atoms with Crippen molar-refractivity contribution in [2.75, 3.05) is 24.7 Å². The lowest BCUT2D eigenvalue weighted by Gasteiger charge is -2.12. The van der Waals surface area contributed by atoms with E-state index in [0.717, 1.165) is 64.3 Å². The number of allylic oxidation sites excluding steroid dienone is 4. The Kier molecular flexibility index (Phi) is 14.6. The lowest BCUT2D eigenvalue weighted by Crippen LogP contribution is -2.20. The highest BCUT2D eigenvalue weighted by atomic mass is 35.5. The molecule has 0 radical (unpaired) electrons. The van der Waals surface area contributed by atoms with E-state index in [2.05, 4.69) is 22.5 Å². The molecule has 0 saturated carbocycles. The molecule has 0 spiro atoms. The molecule has 1 aromatic heterocycles. The van der Waals surface area contributed by atoms with Crippen LogP contribution in [-0.4, -0.2) is 41.8 Å². The smallest absolute Gasteiger partial charge is 0.150 e. The number of nitrogens with one attached hydrogen (secondary N) is 3. The predicted molar refractivity (Wildman–Crippen MR) is 167 cm³/mol. The Balaban J connectivity index is 2.29. The summed E-state index contributed by atoms with van der Waals surface area (Å²) in [7, 11) is 1.84. The maximum atomic E-state index is 12.3. The number of thioether (sulfide) groups is 1. The zero-order chi connectivity index (χ0) is 28.8. The summed E-state index contributed by atoms with van der Waals surface area (Å²) in [6.45, 7) is 9.47. The second-order valence-electron chi connectivity index (χ2n) is 9.16. The molecule has 1 aromatic carbocycles. The number of aromatic amines is 1. The van der Waals surface area contributed by atoms with Gasteiger partial charge in [0, 0.05) is 58.0 Å². The van der Waals surface area contributed by atoms with Gasteiger partial charge in [-0.15, -0.1) is 11.8 Å². The van der Waals surface area contributed by atoms with Crippen molar-refractivity contribution in [2.24, 2.45) is 0 Å². The maximum Gasteiger partial charge on any atom is 0.150 e. The van der Waals surface area contributed by atoms with Gasteiger partial charge in [-0.3, -0.25) is 4.79 Å². The lowest BCUT2D eigenvalue weighted by molar-refractivity contribution is -0.103. The fraction of sp³-hybridized carbons (Fsp3) is 0.367. The van der Waals surface area contributed by atoms with E-state index in [1.165, 1.54) is 11.1 Å². The van der Waals surface area contributed by atoms with Crippen molar-refractivity contribution in [3.05, 3.63) is 81.4 Å². The number of aliphatic hydroxyl groups excluding tert-OH is 1. The molecule has 4 N–H and O–H groups in total. The summed E-state index contributed by atoms with van der Waals surface area (Å²) in [5.41, 5.74) is 8.85. The molecule has 6 nitrogen and oxygen atoms in total. The highest BCUT2D eigenvalue weighted by molar-refractivity contribution is 7.99. The van der Waals surface area contributed by atoms with Crippen LogP contribution in [0, 0.1) is 13.8 Å². The predicted octanol–water partition coefficient (Wildman–Crippen LogP) is 7.51. The van der Waals surface area contributed by atoms with Crippen LogP contribution in [-0.2, 0) is 15.6 Å². The molecule has 0 aliphatic carbocycles. The Morgan fingerprint density at radius 2 is 2.05 bits per heavy atom. The quantitative estimate of drug-likeness (QED) is 0.0403. The summed E-state index contributed by atoms with van der Waals surface area (Å²) in [6.07, 6.45) is 9.19. The number of rotatable bonds is 16. The first-order valence-electron chi connectivity index (χ1n) is 12.9. The van der Waals surface area contributed by atoms with E-state index in [0.29, 0.717) is 23.6 Å². The van der Waals surface area contributed by atoms with Gasteiger partial charge in [0.25, 0.3) is 0 Å². The summed E-state index contributed by atoms with van der Waals surface area (Å²) in [5.74, 6) is 1.21. The lowest BCUT2D eigenvalue weighted by atomic mass is 10.0. The van der Waals surface area contributed by atoms with Gasteiger partial charge in [-0.05, 0) is 87.2 Å². The normalized spacial score (nSPS) is 13.7. The van der Waals surface area contributed by atoms with E-state index in [9.17, 15) is 9.90 Å². The van der Waals surface area contributed by atoms with Crippen molar-refractivity contribution in [3.63, 3.8) is 0 Å². The van der Waals surface area contributed by atoms with Crippen LogP contribution in [0.5, 0.6) is 0 Å². The molecule has 39 heavy (non-hydrogen) atoms. The number of benzene rings is 1. The number of anilines is 1. The minimum absolute atomic E-state index is 0.277. The third-order valence-corrected chi connectivity index (χ3v) is 7.92. The summed E-state index contributed by atoms with van der Waals surface area (Å²) >= 11 is 12.8. The van der Waals surface area contributed by atoms with Crippen molar-refractivity contribution >= 4 is 58.9 Å². The molecular weight excluding hydrogens is 553 g/mol. The van der Waals surface area contributed by atoms with Crippen LogP contribution in [0.4, 0.5) is 5.69 Å². The number of hydrogen-bond donors (Lipinski definition) is 4. The highest BCUT2D eigenvalue weighted by Gasteiger charge is 2.14. The number of aromatic nitrogens is 1. The average Bonchev–Trinajstić information content (AvgIpc) is 3.21. The average molecular weight is 593 g/mol. The fourth-order valence-corrected chi connectivity index (χ4v) is 5.15. The second-order valence-corrected chi connectivity index (χ2v) is 10.6. The summed E-state index contributed by atoms with van der Waals surface area (Å²) in [5, 5.41) is 16.4. The molecule has 1 atom stereocenters. The Bertz CT molecular complexity index is 1220. The molecule has 0 amide bonds. The van der Waals surface area contributed by atoms with Crippen molar-refractivity contribution in [3.8, 4) is 0 Å². The van der Waals surface area contributed by atoms with Gasteiger partial charge in [-0.2, -0.15) is 0 Å². The molecule has 9 heteroatoms. The Morgan fingerprint density at radius 3 is 2.69 bits per heavy atom. The molecule has 0 fully saturated rings. The zero-order valence-corrected chi connectivity index (χ0v) is 25.6. The SMILES string of the molecule is CCC(O)CCNCc1c(C)[nH]c(/C=C(\C=O)c2cc(SC/C(C)=C(/C=C\C=C\Cl)OCl)ccc2NC)c1C. The maximum absolute atomic E-state index is 12.3. The van der Waals surface area contributed by atoms with Crippen LogP contribution < -0.4 is 10.6 Å². The molecular formula is C30H39Cl2N3O3S. The number of aldehydes is 1. The van der Waals surface area contributed by atoms with Gasteiger partial charge >= 0.3 is 0 Å². The van der Waals surface area contributed by atoms with Gasteiger partial charge in [0.1, 0.15) is 17.6 Å². The molecule has 0 aliphatic rings. The van der Waals surface area contributed by atoms with Crippen LogP contribution in [0.25, 0.3) is 11.6 Å². The first kappa shape index (κ1) is 32.8. The van der Waals surface area contributed by atoms with Gasteiger partial charge in [0.05, 0.1) is 6.10 Å². The molecule has 0 aliphatic heterocycles. The summed E-state index contributed by atoms with van der Waals surface area (Å²) in [6, 6.07) is 6.02. The number of H-pyrrole nitrogens is 1. The van der Waals surface area contributed by atoms with Crippen LogP contribution in [0.1, 0.15) is 54.8 Å². The molecule has 2 aromatic rings. The molecule has 2 rings (SSSR count). The Labute approximate surface area is 246 Å². The zero-order valence-electron chi connectivity index (χ0n) is 23.2. The topological polar surface area (TPSA) is 86.4 Å². The Morgan fingerprint density at radius 1 is 1.28 bits per heavy atom. The molecule has 212 valence electrons. The number of carbonyl (C=O) groups is 1. The standard InChI is InChI=1S/C30H39Cl2N3O3S/c1-6-24(37)12-14-34-17-27-21(3)29(35-22(27)4)15-23(18-36)26-16-25(10-11-28(26)33-5)39-19-20(2)30(38-32)9-7-8-13-31/h7-11,13,15-16,18,24,33-35,37H,6,12,14,17,19H2,1-5H3/b9-7-,13-8+,23-15+,30-20-. The van der Waals surface area contributed by atoms with Crippen LogP contribution in [0.3, 0.4) is 0 Å². The van der Waals surface area contributed by atoms with E-state index in [-0.39, 0.29) is 6.10 Å². The molecule has 0 bridgehead atoms. The van der Waals surface area contributed by atoms with Crippen LogP contribution >= 0.6 is 35.2 Å². The van der Waals surface area contributed by atoms with Gasteiger partial charge in [0.15, 0.2) is 6.29 Å². The van der Waals surface area contributed by atoms with Gasteiger partial charge < -0.3 is 25.0 Å². The van der Waals surface area contributed by atoms with Crippen LogP contribution in [0.15, 0.2) is 58.2 Å². The minimum Gasteiger partial charge on any atom is -0.393 e. The number of aliphatic hydroxyl groups is 1. The largest absolute Gasteiger partial charge is 0.393 e. The number of aryl methyl sites for hydroxylation is 1. The Hall–Kier alpha value is -2.42. The van der Waals surface area contributed by atoms with Crippen molar-refractivity contribution in [1.82, 2.24) is 10.3 Å². The van der Waals surface area contributed by atoms with E-state index in [1.54, 1.807) is 30.0 Å². The first-order chi connectivity index (χ1) is 18.8.